The second-order valence-corrected chi connectivity index (χ2v) is 2.94. The quantitative estimate of drug-likeness (QED) is 0.426. The average molecular weight is 310 g/mol. The first-order valence-corrected chi connectivity index (χ1v) is 3.70. The van der Waals surface area contributed by atoms with E-state index in [1.165, 1.54) is 0 Å². The smallest absolute Gasteiger partial charge is 0.229 e. The maximum atomic E-state index is 12.0. The lowest BCUT2D eigenvalue weighted by Gasteiger charge is -2.25. The Bertz CT molecular complexity index is 135. The molecule has 0 radical (unpaired) electrons. The summed E-state index contributed by atoms with van der Waals surface area (Å²) < 4.78 is 78.5. The van der Waals surface area contributed by atoms with Crippen molar-refractivity contribution in [2.75, 3.05) is 0 Å². The Morgan fingerprint density at radius 1 is 0.833 bits per heavy atom. The van der Waals surface area contributed by atoms with Crippen molar-refractivity contribution in [2.24, 2.45) is 0 Å². The van der Waals surface area contributed by atoms with Crippen molar-refractivity contribution in [1.29, 1.82) is 0 Å². The van der Waals surface area contributed by atoms with Crippen LogP contribution in [-0.2, 0) is 0 Å². The maximum Gasteiger partial charge on any atom is 0.373 e. The Morgan fingerprint density at radius 2 is 1.17 bits per heavy atom. The van der Waals surface area contributed by atoms with E-state index in [-0.39, 0.29) is 0 Å². The van der Waals surface area contributed by atoms with Gasteiger partial charge in [0.25, 0.3) is 0 Å². The minimum atomic E-state index is -5.63. The van der Waals surface area contributed by atoms with E-state index in [0.29, 0.717) is 22.6 Å². The van der Waals surface area contributed by atoms with Gasteiger partial charge in [-0.3, -0.25) is 0 Å². The van der Waals surface area contributed by atoms with Gasteiger partial charge in [0.05, 0.1) is 0 Å². The largest absolute Gasteiger partial charge is 0.373 e. The molecule has 0 aromatic carbocycles. The summed E-state index contributed by atoms with van der Waals surface area (Å²) in [5.41, 5.74) is 0. The predicted octanol–water partition coefficient (Wildman–Crippen LogP) is 3.25. The van der Waals surface area contributed by atoms with Gasteiger partial charge in [0.2, 0.25) is 4.18 Å². The monoisotopic (exact) mass is 310 g/mol. The highest BCUT2D eigenvalue weighted by Gasteiger charge is 2.66. The van der Waals surface area contributed by atoms with Gasteiger partial charge in [0.1, 0.15) is 0 Å². The lowest BCUT2D eigenvalue weighted by atomic mass is 10.2. The van der Waals surface area contributed by atoms with E-state index in [1.54, 1.807) is 0 Å². The number of hydrogen-bond acceptors (Lipinski definition) is 0. The zero-order valence-electron chi connectivity index (χ0n) is 5.18. The van der Waals surface area contributed by atoms with Crippen LogP contribution in [0.2, 0.25) is 0 Å². The van der Waals surface area contributed by atoms with Crippen LogP contribution in [0.25, 0.3) is 0 Å². The van der Waals surface area contributed by atoms with Gasteiger partial charge in [-0.2, -0.15) is 17.6 Å². The van der Waals surface area contributed by atoms with Crippen LogP contribution >= 0.6 is 22.6 Å². The van der Waals surface area contributed by atoms with Gasteiger partial charge in [-0.05, 0) is 22.6 Å². The number of hydrogen-bond donors (Lipinski definition) is 0. The van der Waals surface area contributed by atoms with Gasteiger partial charge in [0.15, 0.2) is 0 Å². The summed E-state index contributed by atoms with van der Waals surface area (Å²) in [6.07, 6.45) is -4.58. The Kier molecular flexibility index (Phi) is 3.61. The summed E-state index contributed by atoms with van der Waals surface area (Å²) in [5, 5.41) is 0. The van der Waals surface area contributed by atoms with E-state index in [1.807, 2.05) is 0 Å². The first-order chi connectivity index (χ1) is 5.14. The Hall–Kier alpha value is 0.240. The van der Waals surface area contributed by atoms with E-state index < -0.39 is 22.4 Å². The molecule has 0 aliphatic heterocycles. The minimum Gasteiger partial charge on any atom is -0.229 e. The summed E-state index contributed by atoms with van der Waals surface area (Å²) in [5.74, 6) is -11.0. The molecule has 0 aliphatic rings. The molecule has 0 aromatic rings. The topological polar surface area (TPSA) is 0 Å². The van der Waals surface area contributed by atoms with Gasteiger partial charge < -0.3 is 0 Å². The molecule has 1 unspecified atom stereocenters. The van der Waals surface area contributed by atoms with Crippen LogP contribution in [0.4, 0.5) is 30.7 Å². The lowest BCUT2D eigenvalue weighted by molar-refractivity contribution is -0.270. The fraction of sp³-hybridized carbons (Fsp3) is 1.00. The number of alkyl halides is 8. The number of rotatable bonds is 3. The third kappa shape index (κ3) is 1.94. The van der Waals surface area contributed by atoms with Crippen LogP contribution in [0.3, 0.4) is 0 Å². The van der Waals surface area contributed by atoms with Crippen LogP contribution in [0, 0.1) is 0 Å². The minimum absolute atomic E-state index is 0.314. The molecule has 0 rings (SSSR count). The van der Waals surface area contributed by atoms with E-state index in [4.69, 9.17) is 0 Å². The van der Waals surface area contributed by atoms with Crippen molar-refractivity contribution in [3.8, 4) is 0 Å². The van der Waals surface area contributed by atoms with Crippen molar-refractivity contribution in [1.82, 2.24) is 0 Å². The molecular formula is C4H2F7I. The van der Waals surface area contributed by atoms with Crippen molar-refractivity contribution in [2.45, 2.75) is 22.4 Å². The van der Waals surface area contributed by atoms with Crippen LogP contribution < -0.4 is 0 Å². The van der Waals surface area contributed by atoms with Gasteiger partial charge in [0, 0.05) is 0 Å². The Morgan fingerprint density at radius 3 is 1.25 bits per heavy atom. The molecule has 0 bridgehead atoms. The third-order valence-electron chi connectivity index (χ3n) is 0.993. The van der Waals surface area contributed by atoms with Gasteiger partial charge in [-0.15, -0.1) is 0 Å². The van der Waals surface area contributed by atoms with E-state index in [2.05, 4.69) is 0 Å². The van der Waals surface area contributed by atoms with Crippen molar-refractivity contribution >= 4 is 22.6 Å². The highest BCUT2D eigenvalue weighted by Crippen LogP contribution is 2.44. The van der Waals surface area contributed by atoms with Crippen molar-refractivity contribution < 1.29 is 30.7 Å². The van der Waals surface area contributed by atoms with Crippen LogP contribution in [-0.4, -0.2) is 22.4 Å². The average Bonchev–Trinajstić information content (AvgIpc) is 1.86. The molecule has 0 N–H and O–H groups in total. The molecule has 1 atom stereocenters. The van der Waals surface area contributed by atoms with Gasteiger partial charge in [-0.1, -0.05) is 0 Å². The molecule has 0 spiro atoms. The van der Waals surface area contributed by atoms with Crippen LogP contribution in [0.15, 0.2) is 0 Å². The molecule has 0 amide bonds. The van der Waals surface area contributed by atoms with Gasteiger partial charge >= 0.3 is 18.3 Å². The van der Waals surface area contributed by atoms with E-state index in [9.17, 15) is 30.7 Å². The van der Waals surface area contributed by atoms with E-state index >= 15 is 0 Å². The summed E-state index contributed by atoms with van der Waals surface area (Å²) >= 11 is 0.314. The molecule has 0 aliphatic carbocycles. The highest BCUT2D eigenvalue weighted by molar-refractivity contribution is 14.1. The molecule has 0 nitrogen and oxygen atoms in total. The fourth-order valence-corrected chi connectivity index (χ4v) is 0.706. The summed E-state index contributed by atoms with van der Waals surface area (Å²) in [6.45, 7) is 0. The first-order valence-electron chi connectivity index (χ1n) is 2.46. The zero-order valence-corrected chi connectivity index (χ0v) is 7.34. The van der Waals surface area contributed by atoms with Gasteiger partial charge in [-0.25, -0.2) is 13.2 Å². The molecule has 12 heavy (non-hydrogen) atoms. The second kappa shape index (κ2) is 3.54. The van der Waals surface area contributed by atoms with Crippen LogP contribution in [0.1, 0.15) is 0 Å². The second-order valence-electron chi connectivity index (χ2n) is 1.85. The number of halogens is 8. The van der Waals surface area contributed by atoms with E-state index in [0.717, 1.165) is 0 Å². The zero-order chi connectivity index (χ0) is 10.2. The molecule has 8 heteroatoms. The molecular weight excluding hydrogens is 308 g/mol. The predicted molar refractivity (Wildman–Crippen MR) is 34.8 cm³/mol. The first kappa shape index (κ1) is 12.2. The molecule has 0 saturated carbocycles. The SMILES string of the molecule is FC(F)C(F)(F)C(F)(F)C(F)I. The lowest BCUT2D eigenvalue weighted by Crippen LogP contribution is -2.50. The Labute approximate surface area is 76.3 Å². The standard InChI is InChI=1S/C4H2F7I/c5-1(6)3(8,9)4(10,11)2(7)12/h1-2H. The van der Waals surface area contributed by atoms with Crippen molar-refractivity contribution in [3.05, 3.63) is 0 Å². The van der Waals surface area contributed by atoms with Crippen molar-refractivity contribution in [3.63, 3.8) is 0 Å². The van der Waals surface area contributed by atoms with Crippen LogP contribution in [0.5, 0.6) is 0 Å². The summed E-state index contributed by atoms with van der Waals surface area (Å²) in [6, 6.07) is 0. The molecule has 0 heterocycles. The molecule has 74 valence electrons. The molecule has 0 fully saturated rings. The molecule has 0 saturated heterocycles. The Balaban J connectivity index is 4.75. The highest BCUT2D eigenvalue weighted by atomic mass is 127. The normalized spacial score (nSPS) is 16.8. The summed E-state index contributed by atoms with van der Waals surface area (Å²) in [7, 11) is 0. The molecule has 0 aromatic heterocycles. The third-order valence-corrected chi connectivity index (χ3v) is 1.77. The maximum absolute atomic E-state index is 12.0. The fourth-order valence-electron chi connectivity index (χ4n) is 0.291. The summed E-state index contributed by atoms with van der Waals surface area (Å²) in [4.78, 5) is 0.